The summed E-state index contributed by atoms with van der Waals surface area (Å²) in [5.41, 5.74) is 1.25. The van der Waals surface area contributed by atoms with Crippen molar-refractivity contribution in [3.63, 3.8) is 0 Å². The van der Waals surface area contributed by atoms with Gasteiger partial charge in [-0.15, -0.1) is 0 Å². The van der Waals surface area contributed by atoms with Crippen molar-refractivity contribution in [2.75, 3.05) is 0 Å². The van der Waals surface area contributed by atoms with E-state index < -0.39 is 6.10 Å². The van der Waals surface area contributed by atoms with Gasteiger partial charge < -0.3 is 15.3 Å². The van der Waals surface area contributed by atoms with Crippen LogP contribution in [0.25, 0.3) is 0 Å². The van der Waals surface area contributed by atoms with E-state index in [9.17, 15) is 9.90 Å². The molecule has 0 spiro atoms. The number of nitrogens with zero attached hydrogens (tertiary/aromatic N) is 1. The van der Waals surface area contributed by atoms with Gasteiger partial charge in [0.05, 0.1) is 5.71 Å². The van der Waals surface area contributed by atoms with E-state index in [2.05, 4.69) is 10.5 Å². The highest BCUT2D eigenvalue weighted by Crippen LogP contribution is 2.24. The third-order valence-corrected chi connectivity index (χ3v) is 3.88. The van der Waals surface area contributed by atoms with E-state index in [-0.39, 0.29) is 17.7 Å². The Hall–Kier alpha value is -2.04. The second kappa shape index (κ2) is 5.53. The van der Waals surface area contributed by atoms with E-state index in [0.29, 0.717) is 17.7 Å². The number of para-hydroxylation sites is 1. The minimum absolute atomic E-state index is 0.105. The van der Waals surface area contributed by atoms with Gasteiger partial charge in [-0.25, -0.2) is 0 Å². The first kappa shape index (κ1) is 13.0. The van der Waals surface area contributed by atoms with Crippen LogP contribution in [0.3, 0.4) is 0 Å². The molecule has 106 valence electrons. The Morgan fingerprint density at radius 3 is 2.80 bits per heavy atom. The van der Waals surface area contributed by atoms with Gasteiger partial charge in [-0.1, -0.05) is 30.1 Å². The standard InChI is InChI=1S/C15H18N2O3/c18-13-8-4-3-7-11(13)12-9-14(20-17-12)15(19)16-10-5-1-2-6-10/h3-4,7-8,10,14,18H,1-2,5-6,9H2,(H,16,19). The molecule has 1 unspecified atom stereocenters. The first-order valence-electron chi connectivity index (χ1n) is 7.05. The zero-order valence-corrected chi connectivity index (χ0v) is 11.2. The number of phenolic OH excluding ortho intramolecular Hbond substituents is 1. The molecule has 1 fully saturated rings. The highest BCUT2D eigenvalue weighted by Gasteiger charge is 2.31. The van der Waals surface area contributed by atoms with Gasteiger partial charge >= 0.3 is 0 Å². The molecule has 0 radical (unpaired) electrons. The number of aromatic hydroxyl groups is 1. The SMILES string of the molecule is O=C(NC1CCCC1)C1CC(c2ccccc2O)=NO1. The maximum atomic E-state index is 12.1. The van der Waals surface area contributed by atoms with E-state index >= 15 is 0 Å². The number of nitrogens with one attached hydrogen (secondary N) is 1. The van der Waals surface area contributed by atoms with Gasteiger partial charge in [0, 0.05) is 18.0 Å². The lowest BCUT2D eigenvalue weighted by Crippen LogP contribution is -2.40. The molecule has 1 saturated carbocycles. The Morgan fingerprint density at radius 2 is 2.05 bits per heavy atom. The number of hydrogen-bond acceptors (Lipinski definition) is 4. The number of phenols is 1. The van der Waals surface area contributed by atoms with Crippen molar-refractivity contribution in [1.29, 1.82) is 0 Å². The molecule has 1 aromatic carbocycles. The molecule has 0 bridgehead atoms. The lowest BCUT2D eigenvalue weighted by atomic mass is 10.0. The fourth-order valence-corrected chi connectivity index (χ4v) is 2.76. The zero-order chi connectivity index (χ0) is 13.9. The minimum atomic E-state index is -0.579. The molecule has 5 nitrogen and oxygen atoms in total. The predicted molar refractivity (Wildman–Crippen MR) is 74.5 cm³/mol. The molecule has 0 saturated heterocycles. The van der Waals surface area contributed by atoms with Crippen molar-refractivity contribution in [3.05, 3.63) is 29.8 Å². The second-order valence-electron chi connectivity index (χ2n) is 5.34. The molecule has 1 aromatic rings. The van der Waals surface area contributed by atoms with Crippen molar-refractivity contribution in [1.82, 2.24) is 5.32 Å². The molecule has 2 N–H and O–H groups in total. The van der Waals surface area contributed by atoms with Crippen LogP contribution in [0.2, 0.25) is 0 Å². The summed E-state index contributed by atoms with van der Waals surface area (Å²) in [5, 5.41) is 16.7. The van der Waals surface area contributed by atoms with Gasteiger partial charge in [0.1, 0.15) is 5.75 Å². The normalized spacial score (nSPS) is 22.4. The first-order valence-corrected chi connectivity index (χ1v) is 7.05. The number of carbonyl (C=O) groups excluding carboxylic acids is 1. The molecule has 2 aliphatic rings. The van der Waals surface area contributed by atoms with Crippen molar-refractivity contribution in [2.45, 2.75) is 44.2 Å². The van der Waals surface area contributed by atoms with Crippen LogP contribution in [0.4, 0.5) is 0 Å². The van der Waals surface area contributed by atoms with Crippen LogP contribution >= 0.6 is 0 Å². The maximum Gasteiger partial charge on any atom is 0.264 e. The second-order valence-corrected chi connectivity index (χ2v) is 5.34. The summed E-state index contributed by atoms with van der Waals surface area (Å²) in [6.45, 7) is 0. The van der Waals surface area contributed by atoms with Crippen molar-refractivity contribution < 1.29 is 14.7 Å². The zero-order valence-electron chi connectivity index (χ0n) is 11.2. The van der Waals surface area contributed by atoms with Crippen molar-refractivity contribution in [3.8, 4) is 5.75 Å². The van der Waals surface area contributed by atoms with Crippen molar-refractivity contribution in [2.24, 2.45) is 5.16 Å². The number of oxime groups is 1. The Kier molecular flexibility index (Phi) is 3.58. The molecule has 1 heterocycles. The molecule has 1 atom stereocenters. The number of rotatable bonds is 3. The van der Waals surface area contributed by atoms with Crippen molar-refractivity contribution >= 4 is 11.6 Å². The van der Waals surface area contributed by atoms with Gasteiger partial charge in [-0.3, -0.25) is 4.79 Å². The van der Waals surface area contributed by atoms with Gasteiger partial charge in [0.25, 0.3) is 5.91 Å². The molecular formula is C15H18N2O3. The highest BCUT2D eigenvalue weighted by atomic mass is 16.6. The van der Waals surface area contributed by atoms with Crippen LogP contribution in [0.15, 0.2) is 29.4 Å². The van der Waals surface area contributed by atoms with Gasteiger partial charge in [0.2, 0.25) is 6.10 Å². The monoisotopic (exact) mass is 274 g/mol. The maximum absolute atomic E-state index is 12.1. The summed E-state index contributed by atoms with van der Waals surface area (Å²) in [7, 11) is 0. The summed E-state index contributed by atoms with van der Waals surface area (Å²) in [6, 6.07) is 7.22. The van der Waals surface area contributed by atoms with Gasteiger partial charge in [-0.05, 0) is 25.0 Å². The minimum Gasteiger partial charge on any atom is -0.507 e. The van der Waals surface area contributed by atoms with Gasteiger partial charge in [0.15, 0.2) is 0 Å². The summed E-state index contributed by atoms with van der Waals surface area (Å²) in [4.78, 5) is 17.3. The smallest absolute Gasteiger partial charge is 0.264 e. The Morgan fingerprint density at radius 1 is 1.30 bits per heavy atom. The van der Waals surface area contributed by atoms with E-state index in [1.54, 1.807) is 18.2 Å². The van der Waals surface area contributed by atoms with Crippen LogP contribution in [-0.2, 0) is 9.63 Å². The van der Waals surface area contributed by atoms with E-state index in [1.807, 2.05) is 6.07 Å². The molecule has 1 aliphatic heterocycles. The number of carbonyl (C=O) groups is 1. The Labute approximate surface area is 117 Å². The predicted octanol–water partition coefficient (Wildman–Crippen LogP) is 1.94. The fourth-order valence-electron chi connectivity index (χ4n) is 2.76. The van der Waals surface area contributed by atoms with E-state index in [4.69, 9.17) is 4.84 Å². The van der Waals surface area contributed by atoms with E-state index in [0.717, 1.165) is 12.8 Å². The van der Waals surface area contributed by atoms with Crippen LogP contribution in [-0.4, -0.2) is 28.9 Å². The third-order valence-electron chi connectivity index (χ3n) is 3.88. The largest absolute Gasteiger partial charge is 0.507 e. The molecule has 1 aliphatic carbocycles. The van der Waals surface area contributed by atoms with E-state index in [1.165, 1.54) is 12.8 Å². The molecule has 5 heteroatoms. The lowest BCUT2D eigenvalue weighted by Gasteiger charge is -2.14. The Balaban J connectivity index is 1.61. The topological polar surface area (TPSA) is 70.9 Å². The van der Waals surface area contributed by atoms with Crippen LogP contribution in [0, 0.1) is 0 Å². The average Bonchev–Trinajstić information content (AvgIpc) is 3.10. The fraction of sp³-hybridized carbons (Fsp3) is 0.467. The lowest BCUT2D eigenvalue weighted by molar-refractivity contribution is -0.131. The van der Waals surface area contributed by atoms with Gasteiger partial charge in [-0.2, -0.15) is 0 Å². The number of hydrogen-bond donors (Lipinski definition) is 2. The van der Waals surface area contributed by atoms with Crippen LogP contribution in [0.5, 0.6) is 5.75 Å². The molecular weight excluding hydrogens is 256 g/mol. The number of benzene rings is 1. The quantitative estimate of drug-likeness (QED) is 0.885. The molecule has 20 heavy (non-hydrogen) atoms. The Bertz CT molecular complexity index is 536. The number of amides is 1. The molecule has 0 aromatic heterocycles. The summed E-state index contributed by atoms with van der Waals surface area (Å²) in [5.74, 6) is 0.0535. The third kappa shape index (κ3) is 2.61. The first-order chi connectivity index (χ1) is 9.74. The summed E-state index contributed by atoms with van der Waals surface area (Å²) in [6.07, 6.45) is 4.27. The summed E-state index contributed by atoms with van der Waals surface area (Å²) >= 11 is 0. The summed E-state index contributed by atoms with van der Waals surface area (Å²) < 4.78 is 0. The average molecular weight is 274 g/mol. The highest BCUT2D eigenvalue weighted by molar-refractivity contribution is 6.05. The molecule has 1 amide bonds. The molecule has 3 rings (SSSR count). The van der Waals surface area contributed by atoms with Crippen LogP contribution < -0.4 is 5.32 Å². The van der Waals surface area contributed by atoms with Crippen LogP contribution in [0.1, 0.15) is 37.7 Å².